The molecule has 0 saturated heterocycles. The molecule has 7 heteroatoms. The average molecular weight is 368 g/mol. The number of amides is 1. The van der Waals surface area contributed by atoms with Crippen molar-refractivity contribution in [2.45, 2.75) is 19.0 Å². The Morgan fingerprint density at radius 1 is 1.23 bits per heavy atom. The quantitative estimate of drug-likeness (QED) is 0.673. The Bertz CT molecular complexity index is 906. The van der Waals surface area contributed by atoms with Crippen molar-refractivity contribution in [2.75, 3.05) is 18.2 Å². The molecule has 0 saturated carbocycles. The van der Waals surface area contributed by atoms with Gasteiger partial charge in [0.25, 0.3) is 0 Å². The monoisotopic (exact) mass is 368 g/mol. The number of carbonyl (C=O) groups is 1. The van der Waals surface area contributed by atoms with Gasteiger partial charge < -0.3 is 10.1 Å². The zero-order chi connectivity index (χ0) is 18.5. The molecule has 134 valence electrons. The summed E-state index contributed by atoms with van der Waals surface area (Å²) in [6.07, 6.45) is 5.23. The van der Waals surface area contributed by atoms with Crippen LogP contribution < -0.4 is 10.1 Å². The molecule has 6 nitrogen and oxygen atoms in total. The third kappa shape index (κ3) is 4.23. The zero-order valence-electron chi connectivity index (χ0n) is 14.9. The Labute approximate surface area is 156 Å². The number of nitrogens with one attached hydrogen (secondary N) is 1. The number of carbonyl (C=O) groups excluding carboxylic acids is 1. The highest BCUT2D eigenvalue weighted by molar-refractivity contribution is 7.99. The molecule has 3 aromatic rings. The van der Waals surface area contributed by atoms with Crippen molar-refractivity contribution < 1.29 is 9.53 Å². The minimum Gasteiger partial charge on any atom is -0.481 e. The third-order valence-corrected chi connectivity index (χ3v) is 4.76. The number of thioether (sulfide) groups is 1. The maximum atomic E-state index is 12.2. The van der Waals surface area contributed by atoms with Gasteiger partial charge in [0, 0.05) is 18.5 Å². The van der Waals surface area contributed by atoms with Gasteiger partial charge >= 0.3 is 0 Å². The van der Waals surface area contributed by atoms with E-state index in [2.05, 4.69) is 47.3 Å². The lowest BCUT2D eigenvalue weighted by molar-refractivity contribution is -0.113. The van der Waals surface area contributed by atoms with Gasteiger partial charge in [0.05, 0.1) is 30.4 Å². The van der Waals surface area contributed by atoms with Crippen LogP contribution in [0.3, 0.4) is 0 Å². The van der Waals surface area contributed by atoms with Crippen LogP contribution in [0.2, 0.25) is 0 Å². The van der Waals surface area contributed by atoms with Crippen LogP contribution in [-0.4, -0.2) is 33.3 Å². The van der Waals surface area contributed by atoms with Gasteiger partial charge in [0.15, 0.2) is 5.16 Å². The Morgan fingerprint density at radius 3 is 2.81 bits per heavy atom. The molecule has 3 rings (SSSR count). The Morgan fingerprint density at radius 2 is 2.08 bits per heavy atom. The molecule has 0 atom stereocenters. The lowest BCUT2D eigenvalue weighted by atomic mass is 10.1. The first-order valence-corrected chi connectivity index (χ1v) is 9.09. The van der Waals surface area contributed by atoms with Crippen molar-refractivity contribution in [3.63, 3.8) is 0 Å². The molecular weight excluding hydrogens is 348 g/mol. The first-order valence-electron chi connectivity index (χ1n) is 8.10. The Balaban J connectivity index is 1.66. The van der Waals surface area contributed by atoms with Gasteiger partial charge in [-0.2, -0.15) is 0 Å². The largest absolute Gasteiger partial charge is 0.481 e. The number of ether oxygens (including phenoxy) is 1. The van der Waals surface area contributed by atoms with Crippen molar-refractivity contribution >= 4 is 23.4 Å². The topological polar surface area (TPSA) is 69.0 Å². The second-order valence-electron chi connectivity index (χ2n) is 5.80. The second kappa shape index (κ2) is 8.05. The normalized spacial score (nSPS) is 10.6. The molecule has 0 bridgehead atoms. The van der Waals surface area contributed by atoms with Gasteiger partial charge in [0.2, 0.25) is 11.8 Å². The first-order chi connectivity index (χ1) is 12.6. The molecule has 1 N–H and O–H groups in total. The van der Waals surface area contributed by atoms with Crippen LogP contribution in [0, 0.1) is 13.8 Å². The molecule has 0 spiro atoms. The molecule has 1 aromatic carbocycles. The molecule has 0 aliphatic heterocycles. The number of methoxy groups -OCH3 is 1. The number of hydrogen-bond donors (Lipinski definition) is 1. The minimum atomic E-state index is -0.113. The molecule has 26 heavy (non-hydrogen) atoms. The summed E-state index contributed by atoms with van der Waals surface area (Å²) in [5.41, 5.74) is 4.04. The van der Waals surface area contributed by atoms with Crippen LogP contribution in [-0.2, 0) is 4.79 Å². The lowest BCUT2D eigenvalue weighted by Gasteiger charge is -2.11. The van der Waals surface area contributed by atoms with E-state index in [-0.39, 0.29) is 11.7 Å². The predicted molar refractivity (Wildman–Crippen MR) is 103 cm³/mol. The lowest BCUT2D eigenvalue weighted by Crippen LogP contribution is -2.14. The molecule has 0 fully saturated rings. The predicted octanol–water partition coefficient (Wildman–Crippen LogP) is 3.62. The van der Waals surface area contributed by atoms with Crippen LogP contribution in [0.15, 0.2) is 54.1 Å². The molecular formula is C19H20N4O2S. The number of rotatable bonds is 6. The third-order valence-electron chi connectivity index (χ3n) is 3.79. The summed E-state index contributed by atoms with van der Waals surface area (Å²) in [7, 11) is 1.55. The van der Waals surface area contributed by atoms with Crippen molar-refractivity contribution in [3.05, 3.63) is 60.0 Å². The fraction of sp³-hybridized carbons (Fsp3) is 0.211. The molecule has 1 amide bonds. The van der Waals surface area contributed by atoms with E-state index in [9.17, 15) is 4.79 Å². The van der Waals surface area contributed by atoms with Crippen LogP contribution in [0.1, 0.15) is 11.1 Å². The van der Waals surface area contributed by atoms with Gasteiger partial charge in [-0.1, -0.05) is 23.9 Å². The summed E-state index contributed by atoms with van der Waals surface area (Å²) < 4.78 is 7.01. The van der Waals surface area contributed by atoms with Crippen LogP contribution in [0.4, 0.5) is 5.69 Å². The van der Waals surface area contributed by atoms with Crippen molar-refractivity contribution in [1.82, 2.24) is 14.5 Å². The van der Waals surface area contributed by atoms with Gasteiger partial charge in [0.1, 0.15) is 0 Å². The number of aromatic nitrogens is 3. The van der Waals surface area contributed by atoms with E-state index in [1.807, 2.05) is 10.8 Å². The van der Waals surface area contributed by atoms with E-state index in [4.69, 9.17) is 4.74 Å². The summed E-state index contributed by atoms with van der Waals surface area (Å²) in [6.45, 7) is 4.12. The smallest absolute Gasteiger partial charge is 0.234 e. The van der Waals surface area contributed by atoms with E-state index < -0.39 is 0 Å². The Kier molecular flexibility index (Phi) is 5.58. The van der Waals surface area contributed by atoms with Gasteiger partial charge in [-0.15, -0.1) is 0 Å². The minimum absolute atomic E-state index is 0.113. The van der Waals surface area contributed by atoms with E-state index in [0.29, 0.717) is 11.6 Å². The van der Waals surface area contributed by atoms with E-state index in [0.717, 1.165) is 16.4 Å². The number of aryl methyl sites for hydroxylation is 2. The zero-order valence-corrected chi connectivity index (χ0v) is 15.7. The summed E-state index contributed by atoms with van der Waals surface area (Å²) in [5.74, 6) is 0.652. The summed E-state index contributed by atoms with van der Waals surface area (Å²) in [5, 5.41) is 3.60. The molecule has 2 heterocycles. The number of hydrogen-bond acceptors (Lipinski definition) is 5. The second-order valence-corrected chi connectivity index (χ2v) is 6.74. The summed E-state index contributed by atoms with van der Waals surface area (Å²) >= 11 is 1.39. The van der Waals surface area contributed by atoms with Crippen molar-refractivity contribution in [3.8, 4) is 11.6 Å². The van der Waals surface area contributed by atoms with Crippen LogP contribution in [0.25, 0.3) is 5.69 Å². The summed E-state index contributed by atoms with van der Waals surface area (Å²) in [6, 6.07) is 9.74. The number of imidazole rings is 1. The fourth-order valence-corrected chi connectivity index (χ4v) is 3.23. The van der Waals surface area contributed by atoms with E-state index in [1.165, 1.54) is 17.3 Å². The number of benzene rings is 1. The summed E-state index contributed by atoms with van der Waals surface area (Å²) in [4.78, 5) is 20.7. The molecule has 2 aromatic heterocycles. The van der Waals surface area contributed by atoms with Crippen molar-refractivity contribution in [1.29, 1.82) is 0 Å². The highest BCUT2D eigenvalue weighted by Crippen LogP contribution is 2.23. The van der Waals surface area contributed by atoms with E-state index in [1.54, 1.807) is 31.6 Å². The maximum absolute atomic E-state index is 12.2. The first kappa shape index (κ1) is 18.0. The highest BCUT2D eigenvalue weighted by atomic mass is 32.2. The van der Waals surface area contributed by atoms with Crippen LogP contribution >= 0.6 is 11.8 Å². The van der Waals surface area contributed by atoms with Crippen LogP contribution in [0.5, 0.6) is 5.88 Å². The standard InChI is InChI=1S/C19H20N4O2S/c1-13-4-5-14(2)16(10-13)23-9-8-20-19(23)26-12-17(24)22-15-6-7-18(25-3)21-11-15/h4-11H,12H2,1-3H3,(H,22,24). The van der Waals surface area contributed by atoms with Gasteiger partial charge in [-0.3, -0.25) is 9.36 Å². The van der Waals surface area contributed by atoms with Gasteiger partial charge in [-0.25, -0.2) is 9.97 Å². The number of pyridine rings is 1. The molecule has 0 unspecified atom stereocenters. The average Bonchev–Trinajstić information content (AvgIpc) is 3.11. The number of anilines is 1. The molecule has 0 aliphatic rings. The van der Waals surface area contributed by atoms with E-state index >= 15 is 0 Å². The Hall–Kier alpha value is -2.80. The maximum Gasteiger partial charge on any atom is 0.234 e. The van der Waals surface area contributed by atoms with Gasteiger partial charge in [-0.05, 0) is 37.1 Å². The SMILES string of the molecule is COc1ccc(NC(=O)CSc2nccn2-c2cc(C)ccc2C)cn1. The van der Waals surface area contributed by atoms with Crippen molar-refractivity contribution in [2.24, 2.45) is 0 Å². The fourth-order valence-electron chi connectivity index (χ4n) is 2.46. The molecule has 0 radical (unpaired) electrons. The number of nitrogens with zero attached hydrogens (tertiary/aromatic N) is 3. The molecule has 0 aliphatic carbocycles. The highest BCUT2D eigenvalue weighted by Gasteiger charge is 2.11.